The SMILES string of the molecule is N#Cc1ccc(NC(=O)c2cc3cccc(NC(=O)C4C[C@H]4c4ccccc4)c3[nH]2)c(C(=O)O)c1. The van der Waals surface area contributed by atoms with E-state index in [9.17, 15) is 19.5 Å². The highest BCUT2D eigenvalue weighted by Gasteiger charge is 2.43. The molecule has 1 aliphatic carbocycles. The average Bonchev–Trinajstić information content (AvgIpc) is 3.55. The summed E-state index contributed by atoms with van der Waals surface area (Å²) in [5.74, 6) is -1.77. The normalized spacial score (nSPS) is 16.3. The summed E-state index contributed by atoms with van der Waals surface area (Å²) in [4.78, 5) is 40.3. The zero-order chi connectivity index (χ0) is 24.5. The van der Waals surface area contributed by atoms with Crippen LogP contribution in [0.1, 0.15) is 44.3 Å². The van der Waals surface area contributed by atoms with Gasteiger partial charge in [-0.05, 0) is 48.2 Å². The van der Waals surface area contributed by atoms with Gasteiger partial charge in [0.15, 0.2) is 0 Å². The molecule has 1 saturated carbocycles. The van der Waals surface area contributed by atoms with Crippen molar-refractivity contribution in [3.05, 3.63) is 95.2 Å². The lowest BCUT2D eigenvalue weighted by atomic mass is 10.1. The first-order chi connectivity index (χ1) is 16.9. The predicted octanol–water partition coefficient (Wildman–Crippen LogP) is 4.73. The van der Waals surface area contributed by atoms with Crippen LogP contribution < -0.4 is 10.6 Å². The third-order valence-electron chi connectivity index (χ3n) is 6.14. The summed E-state index contributed by atoms with van der Waals surface area (Å²) in [6.45, 7) is 0. The van der Waals surface area contributed by atoms with E-state index >= 15 is 0 Å². The van der Waals surface area contributed by atoms with E-state index in [2.05, 4.69) is 15.6 Å². The molecule has 1 fully saturated rings. The van der Waals surface area contributed by atoms with Crippen molar-refractivity contribution in [3.8, 4) is 6.07 Å². The molecule has 4 N–H and O–H groups in total. The topological polar surface area (TPSA) is 135 Å². The van der Waals surface area contributed by atoms with Crippen molar-refractivity contribution < 1.29 is 19.5 Å². The van der Waals surface area contributed by atoms with Crippen molar-refractivity contribution in [3.63, 3.8) is 0 Å². The number of carboxylic acid groups (broad SMARTS) is 1. The first-order valence-corrected chi connectivity index (χ1v) is 11.0. The Hall–Kier alpha value is -4.90. The molecule has 0 spiro atoms. The lowest BCUT2D eigenvalue weighted by Crippen LogP contribution is -2.16. The molecule has 3 aromatic carbocycles. The number of H-pyrrole nitrogens is 1. The minimum atomic E-state index is -1.26. The number of hydrogen-bond donors (Lipinski definition) is 4. The quantitative estimate of drug-likeness (QED) is 0.327. The first kappa shape index (κ1) is 21.9. The zero-order valence-electron chi connectivity index (χ0n) is 18.4. The Labute approximate surface area is 200 Å². The molecule has 8 nitrogen and oxygen atoms in total. The summed E-state index contributed by atoms with van der Waals surface area (Å²) in [5, 5.41) is 24.7. The number of aromatic nitrogens is 1. The Balaban J connectivity index is 1.35. The fraction of sp³-hybridized carbons (Fsp3) is 0.111. The van der Waals surface area contributed by atoms with Crippen LogP contribution in [-0.2, 0) is 4.79 Å². The highest BCUT2D eigenvalue weighted by molar-refractivity contribution is 6.11. The van der Waals surface area contributed by atoms with Crippen molar-refractivity contribution in [1.29, 1.82) is 5.26 Å². The summed E-state index contributed by atoms with van der Waals surface area (Å²) in [6.07, 6.45) is 0.792. The maximum Gasteiger partial charge on any atom is 0.337 e. The maximum absolute atomic E-state index is 12.9. The number of nitriles is 1. The van der Waals surface area contributed by atoms with E-state index in [1.807, 2.05) is 42.5 Å². The third-order valence-corrected chi connectivity index (χ3v) is 6.14. The molecular formula is C27H20N4O4. The Morgan fingerprint density at radius 3 is 2.49 bits per heavy atom. The molecular weight excluding hydrogens is 444 g/mol. The summed E-state index contributed by atoms with van der Waals surface area (Å²) in [7, 11) is 0. The minimum Gasteiger partial charge on any atom is -0.478 e. The molecule has 172 valence electrons. The highest BCUT2D eigenvalue weighted by Crippen LogP contribution is 2.48. The van der Waals surface area contributed by atoms with Crippen LogP contribution in [0, 0.1) is 17.2 Å². The van der Waals surface area contributed by atoms with Gasteiger partial charge in [0.2, 0.25) is 5.91 Å². The molecule has 0 radical (unpaired) electrons. The van der Waals surface area contributed by atoms with Gasteiger partial charge >= 0.3 is 5.97 Å². The molecule has 8 heteroatoms. The van der Waals surface area contributed by atoms with Crippen LogP contribution in [0.2, 0.25) is 0 Å². The van der Waals surface area contributed by atoms with Crippen LogP contribution in [0.3, 0.4) is 0 Å². The molecule has 0 aliphatic heterocycles. The number of anilines is 2. The van der Waals surface area contributed by atoms with Gasteiger partial charge in [0, 0.05) is 11.3 Å². The van der Waals surface area contributed by atoms with Crippen LogP contribution in [-0.4, -0.2) is 27.9 Å². The second kappa shape index (κ2) is 8.80. The number of carboxylic acids is 1. The molecule has 1 aromatic heterocycles. The van der Waals surface area contributed by atoms with Gasteiger partial charge in [0.1, 0.15) is 5.69 Å². The van der Waals surface area contributed by atoms with Gasteiger partial charge < -0.3 is 20.7 Å². The molecule has 35 heavy (non-hydrogen) atoms. The molecule has 4 aromatic rings. The average molecular weight is 464 g/mol. The smallest absolute Gasteiger partial charge is 0.337 e. The largest absolute Gasteiger partial charge is 0.478 e. The number of benzene rings is 3. The standard InChI is InChI=1S/C27H20N4O4/c28-14-15-9-10-21(20(11-15)27(34)35)30-26(33)23-12-17-7-4-8-22(24(17)29-23)31-25(32)19-13-18(19)16-5-2-1-3-6-16/h1-12,18-19,29H,13H2,(H,30,33)(H,31,32)(H,34,35)/t18-,19?/m0/s1. The van der Waals surface area contributed by atoms with E-state index in [1.54, 1.807) is 18.2 Å². The summed E-state index contributed by atoms with van der Waals surface area (Å²) < 4.78 is 0. The molecule has 5 rings (SSSR count). The Morgan fingerprint density at radius 2 is 1.74 bits per heavy atom. The number of nitrogens with one attached hydrogen (secondary N) is 3. The van der Waals surface area contributed by atoms with Crippen molar-refractivity contribution in [2.24, 2.45) is 5.92 Å². The number of aromatic amines is 1. The maximum atomic E-state index is 12.9. The summed E-state index contributed by atoms with van der Waals surface area (Å²) in [5.41, 5.74) is 2.59. The van der Waals surface area contributed by atoms with Gasteiger partial charge in [0.05, 0.1) is 34.1 Å². The number of rotatable bonds is 6. The lowest BCUT2D eigenvalue weighted by molar-refractivity contribution is -0.117. The second-order valence-electron chi connectivity index (χ2n) is 8.43. The number of carbonyl (C=O) groups excluding carboxylic acids is 2. The van der Waals surface area contributed by atoms with E-state index in [-0.39, 0.29) is 40.3 Å². The minimum absolute atomic E-state index is 0.0735. The van der Waals surface area contributed by atoms with Crippen molar-refractivity contribution in [2.75, 3.05) is 10.6 Å². The predicted molar refractivity (Wildman–Crippen MR) is 130 cm³/mol. The van der Waals surface area contributed by atoms with Gasteiger partial charge in [-0.2, -0.15) is 5.26 Å². The van der Waals surface area contributed by atoms with Crippen LogP contribution in [0.5, 0.6) is 0 Å². The van der Waals surface area contributed by atoms with Gasteiger partial charge in [0.25, 0.3) is 5.91 Å². The van der Waals surface area contributed by atoms with Crippen LogP contribution in [0.25, 0.3) is 10.9 Å². The fourth-order valence-electron chi connectivity index (χ4n) is 4.25. The molecule has 1 heterocycles. The van der Waals surface area contributed by atoms with Gasteiger partial charge in [-0.3, -0.25) is 9.59 Å². The van der Waals surface area contributed by atoms with Gasteiger partial charge in [-0.1, -0.05) is 42.5 Å². The summed E-state index contributed by atoms with van der Waals surface area (Å²) in [6, 6.07) is 22.8. The van der Waals surface area contributed by atoms with E-state index in [0.717, 1.165) is 17.4 Å². The van der Waals surface area contributed by atoms with Gasteiger partial charge in [-0.15, -0.1) is 0 Å². The highest BCUT2D eigenvalue weighted by atomic mass is 16.4. The van der Waals surface area contributed by atoms with E-state index in [4.69, 9.17) is 5.26 Å². The number of fused-ring (bicyclic) bond motifs is 1. The van der Waals surface area contributed by atoms with Crippen LogP contribution in [0.4, 0.5) is 11.4 Å². The molecule has 0 bridgehead atoms. The number of hydrogen-bond acceptors (Lipinski definition) is 4. The monoisotopic (exact) mass is 464 g/mol. The lowest BCUT2D eigenvalue weighted by Gasteiger charge is -2.08. The first-order valence-electron chi connectivity index (χ1n) is 11.0. The van der Waals surface area contributed by atoms with Crippen LogP contribution >= 0.6 is 0 Å². The Morgan fingerprint density at radius 1 is 0.943 bits per heavy atom. The van der Waals surface area contributed by atoms with Crippen LogP contribution in [0.15, 0.2) is 72.8 Å². The number of amides is 2. The molecule has 1 aliphatic rings. The number of para-hydroxylation sites is 1. The van der Waals surface area contributed by atoms with Gasteiger partial charge in [-0.25, -0.2) is 4.79 Å². The molecule has 2 atom stereocenters. The molecule has 1 unspecified atom stereocenters. The second-order valence-corrected chi connectivity index (χ2v) is 8.43. The van der Waals surface area contributed by atoms with E-state index in [1.165, 1.54) is 18.2 Å². The molecule has 0 saturated heterocycles. The zero-order valence-corrected chi connectivity index (χ0v) is 18.4. The third kappa shape index (κ3) is 4.35. The number of aromatic carboxylic acids is 1. The molecule has 2 amide bonds. The van der Waals surface area contributed by atoms with Crippen molar-refractivity contribution >= 4 is 40.1 Å². The van der Waals surface area contributed by atoms with Crippen molar-refractivity contribution in [2.45, 2.75) is 12.3 Å². The Bertz CT molecular complexity index is 1520. The summed E-state index contributed by atoms with van der Waals surface area (Å²) >= 11 is 0. The van der Waals surface area contributed by atoms with E-state index in [0.29, 0.717) is 11.2 Å². The fourth-order valence-corrected chi connectivity index (χ4v) is 4.25. The Kier molecular flexibility index (Phi) is 5.51. The van der Waals surface area contributed by atoms with E-state index < -0.39 is 11.9 Å². The number of nitrogens with zero attached hydrogens (tertiary/aromatic N) is 1. The van der Waals surface area contributed by atoms with Crippen molar-refractivity contribution in [1.82, 2.24) is 4.98 Å². The number of carbonyl (C=O) groups is 3.